The van der Waals surface area contributed by atoms with Gasteiger partial charge >= 0.3 is 0 Å². The summed E-state index contributed by atoms with van der Waals surface area (Å²) in [6, 6.07) is 9.92. The first-order chi connectivity index (χ1) is 7.81. The second-order valence-corrected chi connectivity index (χ2v) is 3.31. The summed E-state index contributed by atoms with van der Waals surface area (Å²) in [6.07, 6.45) is 3.86. The van der Waals surface area contributed by atoms with Crippen LogP contribution in [0.25, 0.3) is 0 Å². The Balaban J connectivity index is 2.38. The van der Waals surface area contributed by atoms with Gasteiger partial charge in [0.05, 0.1) is 0 Å². The molecule has 0 amide bonds. The van der Waals surface area contributed by atoms with E-state index < -0.39 is 0 Å². The SMILES string of the molecule is O=Cc1cccc(C(=O)c2ccncc2)c1. The summed E-state index contributed by atoms with van der Waals surface area (Å²) in [5, 5.41) is 0. The van der Waals surface area contributed by atoms with Crippen LogP contribution in [-0.2, 0) is 0 Å². The number of carbonyl (C=O) groups excluding carboxylic acids is 2. The Kier molecular flexibility index (Phi) is 2.87. The monoisotopic (exact) mass is 211 g/mol. The van der Waals surface area contributed by atoms with Gasteiger partial charge in [0.25, 0.3) is 0 Å². The zero-order valence-corrected chi connectivity index (χ0v) is 8.46. The third-order valence-electron chi connectivity index (χ3n) is 2.23. The first-order valence-electron chi connectivity index (χ1n) is 4.81. The van der Waals surface area contributed by atoms with Crippen LogP contribution in [0.2, 0.25) is 0 Å². The van der Waals surface area contributed by atoms with Crippen molar-refractivity contribution >= 4 is 12.1 Å². The van der Waals surface area contributed by atoms with E-state index in [2.05, 4.69) is 4.98 Å². The predicted octanol–water partition coefficient (Wildman–Crippen LogP) is 2.13. The number of benzene rings is 1. The number of pyridine rings is 1. The zero-order valence-electron chi connectivity index (χ0n) is 8.46. The summed E-state index contributed by atoms with van der Waals surface area (Å²) in [4.78, 5) is 26.4. The molecule has 0 N–H and O–H groups in total. The number of hydrogen-bond acceptors (Lipinski definition) is 3. The van der Waals surface area contributed by atoms with E-state index in [-0.39, 0.29) is 5.78 Å². The average molecular weight is 211 g/mol. The van der Waals surface area contributed by atoms with Gasteiger partial charge in [-0.3, -0.25) is 14.6 Å². The molecular weight excluding hydrogens is 202 g/mol. The third-order valence-corrected chi connectivity index (χ3v) is 2.23. The fraction of sp³-hybridized carbons (Fsp3) is 0. The van der Waals surface area contributed by atoms with Gasteiger partial charge in [-0.25, -0.2) is 0 Å². The van der Waals surface area contributed by atoms with Gasteiger partial charge in [-0.15, -0.1) is 0 Å². The summed E-state index contributed by atoms with van der Waals surface area (Å²) >= 11 is 0. The van der Waals surface area contributed by atoms with Gasteiger partial charge in [0, 0.05) is 29.1 Å². The predicted molar refractivity (Wildman–Crippen MR) is 59.5 cm³/mol. The quantitative estimate of drug-likeness (QED) is 0.577. The maximum absolute atomic E-state index is 12.0. The molecular formula is C13H9NO2. The van der Waals surface area contributed by atoms with Crippen LogP contribution < -0.4 is 0 Å². The van der Waals surface area contributed by atoms with E-state index in [1.54, 1.807) is 48.8 Å². The lowest BCUT2D eigenvalue weighted by Crippen LogP contribution is -2.01. The first kappa shape index (κ1) is 10.2. The lowest BCUT2D eigenvalue weighted by molar-refractivity contribution is 0.103. The fourth-order valence-corrected chi connectivity index (χ4v) is 1.42. The summed E-state index contributed by atoms with van der Waals surface area (Å²) in [5.74, 6) is -0.105. The van der Waals surface area contributed by atoms with E-state index in [4.69, 9.17) is 0 Å². The highest BCUT2D eigenvalue weighted by molar-refractivity contribution is 6.09. The smallest absolute Gasteiger partial charge is 0.193 e. The van der Waals surface area contributed by atoms with Gasteiger partial charge < -0.3 is 0 Å². The van der Waals surface area contributed by atoms with Crippen molar-refractivity contribution in [3.8, 4) is 0 Å². The Labute approximate surface area is 92.8 Å². The van der Waals surface area contributed by atoms with Crippen LogP contribution >= 0.6 is 0 Å². The van der Waals surface area contributed by atoms with Gasteiger partial charge in [-0.1, -0.05) is 18.2 Å². The van der Waals surface area contributed by atoms with Gasteiger partial charge in [0.2, 0.25) is 0 Å². The molecule has 0 saturated carbocycles. The molecule has 0 aliphatic heterocycles. The van der Waals surface area contributed by atoms with E-state index in [0.29, 0.717) is 16.7 Å². The van der Waals surface area contributed by atoms with Crippen molar-refractivity contribution < 1.29 is 9.59 Å². The Morgan fingerprint density at radius 1 is 1.06 bits per heavy atom. The topological polar surface area (TPSA) is 47.0 Å². The highest BCUT2D eigenvalue weighted by Crippen LogP contribution is 2.10. The number of aldehydes is 1. The van der Waals surface area contributed by atoms with E-state index in [1.165, 1.54) is 0 Å². The van der Waals surface area contributed by atoms with Gasteiger partial charge in [-0.05, 0) is 18.2 Å². The second-order valence-electron chi connectivity index (χ2n) is 3.31. The van der Waals surface area contributed by atoms with Crippen LogP contribution in [0.5, 0.6) is 0 Å². The van der Waals surface area contributed by atoms with Crippen LogP contribution in [0.15, 0.2) is 48.8 Å². The highest BCUT2D eigenvalue weighted by atomic mass is 16.1. The molecule has 78 valence electrons. The first-order valence-corrected chi connectivity index (χ1v) is 4.81. The van der Waals surface area contributed by atoms with Crippen LogP contribution in [0.1, 0.15) is 26.3 Å². The molecule has 0 radical (unpaired) electrons. The molecule has 16 heavy (non-hydrogen) atoms. The summed E-state index contributed by atoms with van der Waals surface area (Å²) < 4.78 is 0. The molecule has 0 aliphatic carbocycles. The van der Waals surface area contributed by atoms with E-state index >= 15 is 0 Å². The number of rotatable bonds is 3. The molecule has 2 aromatic rings. The Bertz CT molecular complexity index is 520. The third kappa shape index (κ3) is 2.03. The van der Waals surface area contributed by atoms with Gasteiger partial charge in [-0.2, -0.15) is 0 Å². The van der Waals surface area contributed by atoms with Crippen molar-refractivity contribution in [1.29, 1.82) is 0 Å². The molecule has 1 aromatic carbocycles. The van der Waals surface area contributed by atoms with E-state index in [9.17, 15) is 9.59 Å². The molecule has 0 aliphatic rings. The summed E-state index contributed by atoms with van der Waals surface area (Å²) in [5.41, 5.74) is 1.58. The lowest BCUT2D eigenvalue weighted by atomic mass is 10.0. The molecule has 0 unspecified atom stereocenters. The molecule has 2 rings (SSSR count). The largest absolute Gasteiger partial charge is 0.298 e. The normalized spacial score (nSPS) is 9.75. The number of hydrogen-bond donors (Lipinski definition) is 0. The lowest BCUT2D eigenvalue weighted by Gasteiger charge is -2.00. The summed E-state index contributed by atoms with van der Waals surface area (Å²) in [6.45, 7) is 0. The summed E-state index contributed by atoms with van der Waals surface area (Å²) in [7, 11) is 0. The van der Waals surface area contributed by atoms with E-state index in [0.717, 1.165) is 6.29 Å². The standard InChI is InChI=1S/C13H9NO2/c15-9-10-2-1-3-12(8-10)13(16)11-4-6-14-7-5-11/h1-9H. The maximum Gasteiger partial charge on any atom is 0.193 e. The molecule has 0 fully saturated rings. The van der Waals surface area contributed by atoms with Gasteiger partial charge in [0.15, 0.2) is 5.78 Å². The van der Waals surface area contributed by atoms with Crippen molar-refractivity contribution in [2.45, 2.75) is 0 Å². The molecule has 0 saturated heterocycles. The minimum absolute atomic E-state index is 0.105. The van der Waals surface area contributed by atoms with Crippen LogP contribution in [-0.4, -0.2) is 17.1 Å². The van der Waals surface area contributed by atoms with E-state index in [1.807, 2.05) is 0 Å². The number of ketones is 1. The molecule has 0 spiro atoms. The molecule has 3 heteroatoms. The molecule has 0 atom stereocenters. The second kappa shape index (κ2) is 4.49. The van der Waals surface area contributed by atoms with Crippen LogP contribution in [0.4, 0.5) is 0 Å². The van der Waals surface area contributed by atoms with Crippen LogP contribution in [0.3, 0.4) is 0 Å². The van der Waals surface area contributed by atoms with Crippen molar-refractivity contribution in [3.63, 3.8) is 0 Å². The fourth-order valence-electron chi connectivity index (χ4n) is 1.42. The van der Waals surface area contributed by atoms with Gasteiger partial charge in [0.1, 0.15) is 6.29 Å². The number of carbonyl (C=O) groups is 2. The Morgan fingerprint density at radius 3 is 2.50 bits per heavy atom. The number of aromatic nitrogens is 1. The van der Waals surface area contributed by atoms with Crippen molar-refractivity contribution in [2.24, 2.45) is 0 Å². The highest BCUT2D eigenvalue weighted by Gasteiger charge is 2.08. The Morgan fingerprint density at radius 2 is 1.81 bits per heavy atom. The molecule has 3 nitrogen and oxygen atoms in total. The Hall–Kier alpha value is -2.29. The van der Waals surface area contributed by atoms with Crippen molar-refractivity contribution in [1.82, 2.24) is 4.98 Å². The zero-order chi connectivity index (χ0) is 11.4. The molecule has 1 aromatic heterocycles. The van der Waals surface area contributed by atoms with Crippen molar-refractivity contribution in [3.05, 3.63) is 65.5 Å². The maximum atomic E-state index is 12.0. The number of nitrogens with zero attached hydrogens (tertiary/aromatic N) is 1. The van der Waals surface area contributed by atoms with Crippen molar-refractivity contribution in [2.75, 3.05) is 0 Å². The minimum Gasteiger partial charge on any atom is -0.298 e. The minimum atomic E-state index is -0.105. The van der Waals surface area contributed by atoms with Crippen LogP contribution in [0, 0.1) is 0 Å². The molecule has 0 bridgehead atoms. The molecule has 1 heterocycles. The average Bonchev–Trinajstić information content (AvgIpc) is 2.39.